The molecule has 0 spiro atoms. The van der Waals surface area contributed by atoms with E-state index in [4.69, 9.17) is 21.1 Å². The maximum absolute atomic E-state index is 11.7. The van der Waals surface area contributed by atoms with Gasteiger partial charge in [-0.25, -0.2) is 4.79 Å². The Hall–Kier alpha value is -2.53. The number of benzene rings is 2. The number of nitrogens with one attached hydrogen (secondary N) is 1. The molecule has 126 valence electrons. The summed E-state index contributed by atoms with van der Waals surface area (Å²) in [5, 5.41) is 3.29. The van der Waals surface area contributed by atoms with Crippen molar-refractivity contribution < 1.29 is 19.1 Å². The van der Waals surface area contributed by atoms with E-state index in [2.05, 4.69) is 5.32 Å². The molecule has 0 aliphatic carbocycles. The minimum absolute atomic E-state index is 0.241. The third-order valence-electron chi connectivity index (χ3n) is 3.21. The second kappa shape index (κ2) is 8.93. The monoisotopic (exact) mass is 347 g/mol. The Balaban J connectivity index is 1.66. The van der Waals surface area contributed by atoms with E-state index in [0.717, 1.165) is 11.1 Å². The lowest BCUT2D eigenvalue weighted by Crippen LogP contribution is -2.29. The summed E-state index contributed by atoms with van der Waals surface area (Å²) in [6, 6.07) is 14.4. The first kappa shape index (κ1) is 17.8. The van der Waals surface area contributed by atoms with E-state index in [9.17, 15) is 9.59 Å². The summed E-state index contributed by atoms with van der Waals surface area (Å²) >= 11 is 5.79. The zero-order valence-corrected chi connectivity index (χ0v) is 14.0. The number of halogens is 1. The molecule has 0 unspecified atom stereocenters. The van der Waals surface area contributed by atoms with E-state index in [-0.39, 0.29) is 19.1 Å². The van der Waals surface area contributed by atoms with Crippen LogP contribution in [0, 0.1) is 6.92 Å². The summed E-state index contributed by atoms with van der Waals surface area (Å²) in [5.74, 6) is -0.365. The fraction of sp³-hybridized carbons (Fsp3) is 0.222. The van der Waals surface area contributed by atoms with Crippen molar-refractivity contribution in [1.29, 1.82) is 0 Å². The quantitative estimate of drug-likeness (QED) is 0.782. The van der Waals surface area contributed by atoms with Gasteiger partial charge in [0.1, 0.15) is 5.75 Å². The molecule has 5 nitrogen and oxygen atoms in total. The number of hydrogen-bond acceptors (Lipinski definition) is 4. The molecule has 2 aromatic rings. The van der Waals surface area contributed by atoms with Gasteiger partial charge in [0, 0.05) is 11.6 Å². The van der Waals surface area contributed by atoms with Gasteiger partial charge in [0.2, 0.25) is 0 Å². The van der Waals surface area contributed by atoms with Crippen LogP contribution >= 0.6 is 11.6 Å². The van der Waals surface area contributed by atoms with Crippen molar-refractivity contribution in [3.05, 3.63) is 64.7 Å². The van der Waals surface area contributed by atoms with E-state index < -0.39 is 5.97 Å². The van der Waals surface area contributed by atoms with Crippen LogP contribution in [0.2, 0.25) is 5.02 Å². The molecule has 0 saturated heterocycles. The Morgan fingerprint density at radius 1 is 1.04 bits per heavy atom. The molecule has 0 fully saturated rings. The highest BCUT2D eigenvalue weighted by Crippen LogP contribution is 2.15. The number of carbonyl (C=O) groups excluding carboxylic acids is 2. The number of hydrogen-bond donors (Lipinski definition) is 1. The average Bonchev–Trinajstić information content (AvgIpc) is 2.58. The summed E-state index contributed by atoms with van der Waals surface area (Å²) in [5.41, 5.74) is 1.83. The summed E-state index contributed by atoms with van der Waals surface area (Å²) in [7, 11) is 0. The number of ether oxygens (including phenoxy) is 2. The minimum atomic E-state index is -0.597. The van der Waals surface area contributed by atoms with Crippen molar-refractivity contribution in [2.24, 2.45) is 0 Å². The Morgan fingerprint density at radius 2 is 1.75 bits per heavy atom. The normalized spacial score (nSPS) is 10.1. The van der Waals surface area contributed by atoms with Crippen molar-refractivity contribution in [2.75, 3.05) is 13.2 Å². The third-order valence-corrected chi connectivity index (χ3v) is 3.46. The van der Waals surface area contributed by atoms with Crippen LogP contribution in [0.1, 0.15) is 11.1 Å². The number of esters is 1. The van der Waals surface area contributed by atoms with Gasteiger partial charge in [0.25, 0.3) is 5.91 Å². The summed E-state index contributed by atoms with van der Waals surface area (Å²) in [6.45, 7) is 1.64. The fourth-order valence-corrected chi connectivity index (χ4v) is 2.02. The molecule has 24 heavy (non-hydrogen) atoms. The van der Waals surface area contributed by atoms with Gasteiger partial charge >= 0.3 is 5.97 Å². The van der Waals surface area contributed by atoms with Crippen LogP contribution in [0.25, 0.3) is 0 Å². The summed E-state index contributed by atoms with van der Waals surface area (Å²) in [4.78, 5) is 23.3. The molecule has 0 radical (unpaired) electrons. The molecule has 0 atom stereocenters. The second-order valence-corrected chi connectivity index (χ2v) is 5.55. The van der Waals surface area contributed by atoms with Crippen LogP contribution in [-0.4, -0.2) is 25.1 Å². The Morgan fingerprint density at radius 3 is 2.46 bits per heavy atom. The van der Waals surface area contributed by atoms with Crippen molar-refractivity contribution in [3.8, 4) is 5.75 Å². The minimum Gasteiger partial charge on any atom is -0.482 e. The Labute approximate surface area is 145 Å². The van der Waals surface area contributed by atoms with Crippen LogP contribution in [0.5, 0.6) is 5.75 Å². The van der Waals surface area contributed by atoms with E-state index >= 15 is 0 Å². The molecule has 1 N–H and O–H groups in total. The lowest BCUT2D eigenvalue weighted by atomic mass is 10.2. The van der Waals surface area contributed by atoms with E-state index in [1.54, 1.807) is 18.2 Å². The van der Waals surface area contributed by atoms with Gasteiger partial charge in [-0.3, -0.25) is 4.79 Å². The Kier molecular flexibility index (Phi) is 6.63. The molecule has 1 amide bonds. The topological polar surface area (TPSA) is 64.6 Å². The van der Waals surface area contributed by atoms with Gasteiger partial charge in [-0.1, -0.05) is 41.9 Å². The van der Waals surface area contributed by atoms with Crippen LogP contribution in [0.15, 0.2) is 48.5 Å². The second-order valence-electron chi connectivity index (χ2n) is 5.12. The third kappa shape index (κ3) is 5.93. The van der Waals surface area contributed by atoms with Crippen molar-refractivity contribution in [3.63, 3.8) is 0 Å². The van der Waals surface area contributed by atoms with Crippen LogP contribution < -0.4 is 10.1 Å². The first-order valence-electron chi connectivity index (χ1n) is 7.40. The molecule has 0 saturated carbocycles. The molecule has 0 aliphatic heterocycles. The zero-order chi connectivity index (χ0) is 17.4. The van der Waals surface area contributed by atoms with E-state index in [1.807, 2.05) is 37.3 Å². The van der Waals surface area contributed by atoms with Gasteiger partial charge in [-0.05, 0) is 36.2 Å². The molecule has 0 aliphatic rings. The standard InChI is InChI=1S/C18H18ClNO4/c1-13-4-2-3-5-16(13)23-12-18(22)24-11-17(21)20-10-14-6-8-15(19)9-7-14/h2-9H,10-12H2,1H3,(H,20,21). The maximum Gasteiger partial charge on any atom is 0.344 e. The molecular formula is C18H18ClNO4. The number of para-hydroxylation sites is 1. The number of aryl methyl sites for hydroxylation is 1. The average molecular weight is 348 g/mol. The highest BCUT2D eigenvalue weighted by molar-refractivity contribution is 6.30. The zero-order valence-electron chi connectivity index (χ0n) is 13.3. The van der Waals surface area contributed by atoms with Gasteiger partial charge in [0.15, 0.2) is 13.2 Å². The largest absolute Gasteiger partial charge is 0.482 e. The maximum atomic E-state index is 11.7. The molecule has 6 heteroatoms. The first-order chi connectivity index (χ1) is 11.5. The van der Waals surface area contributed by atoms with E-state index in [1.165, 1.54) is 0 Å². The van der Waals surface area contributed by atoms with Crippen LogP contribution in [0.3, 0.4) is 0 Å². The van der Waals surface area contributed by atoms with Crippen molar-refractivity contribution in [1.82, 2.24) is 5.32 Å². The Bertz CT molecular complexity index is 700. The van der Waals surface area contributed by atoms with Gasteiger partial charge in [-0.15, -0.1) is 0 Å². The molecule has 0 bridgehead atoms. The smallest absolute Gasteiger partial charge is 0.344 e. The fourth-order valence-electron chi connectivity index (χ4n) is 1.90. The lowest BCUT2D eigenvalue weighted by molar-refractivity contribution is -0.150. The van der Waals surface area contributed by atoms with Crippen LogP contribution in [-0.2, 0) is 20.9 Å². The SMILES string of the molecule is Cc1ccccc1OCC(=O)OCC(=O)NCc1ccc(Cl)cc1. The van der Waals surface area contributed by atoms with Gasteiger partial charge < -0.3 is 14.8 Å². The lowest BCUT2D eigenvalue weighted by Gasteiger charge is -2.09. The molecule has 2 aromatic carbocycles. The van der Waals surface area contributed by atoms with Gasteiger partial charge in [0.05, 0.1) is 0 Å². The van der Waals surface area contributed by atoms with Crippen molar-refractivity contribution >= 4 is 23.5 Å². The predicted molar refractivity (Wildman–Crippen MR) is 90.9 cm³/mol. The number of carbonyl (C=O) groups is 2. The molecular weight excluding hydrogens is 330 g/mol. The molecule has 2 rings (SSSR count). The predicted octanol–water partition coefficient (Wildman–Crippen LogP) is 2.89. The van der Waals surface area contributed by atoms with E-state index in [0.29, 0.717) is 17.3 Å². The van der Waals surface area contributed by atoms with Gasteiger partial charge in [-0.2, -0.15) is 0 Å². The highest BCUT2D eigenvalue weighted by Gasteiger charge is 2.09. The first-order valence-corrected chi connectivity index (χ1v) is 7.77. The summed E-state index contributed by atoms with van der Waals surface area (Å²) < 4.78 is 10.2. The summed E-state index contributed by atoms with van der Waals surface area (Å²) in [6.07, 6.45) is 0. The molecule has 0 heterocycles. The number of rotatable bonds is 7. The van der Waals surface area contributed by atoms with Crippen LogP contribution in [0.4, 0.5) is 0 Å². The highest BCUT2D eigenvalue weighted by atomic mass is 35.5. The van der Waals surface area contributed by atoms with Crippen molar-refractivity contribution in [2.45, 2.75) is 13.5 Å². The number of amides is 1. The molecule has 0 aromatic heterocycles.